The van der Waals surface area contributed by atoms with Crippen molar-refractivity contribution in [2.45, 2.75) is 38.9 Å². The molecule has 144 valence electrons. The number of thiazole rings is 1. The van der Waals surface area contributed by atoms with Crippen LogP contribution in [0.3, 0.4) is 0 Å². The second-order valence-corrected chi connectivity index (χ2v) is 8.12. The number of rotatable bonds is 9. The van der Waals surface area contributed by atoms with Gasteiger partial charge in [-0.05, 0) is 19.1 Å². The number of anilines is 1. The maximum absolute atomic E-state index is 12.1. The highest BCUT2D eigenvalue weighted by Crippen LogP contribution is 2.24. The Labute approximate surface area is 166 Å². The Morgan fingerprint density at radius 1 is 1.26 bits per heavy atom. The number of nitrogens with one attached hydrogen (secondary N) is 2. The van der Waals surface area contributed by atoms with Crippen LogP contribution >= 0.6 is 23.1 Å². The number of thioether (sulfide) groups is 1. The minimum atomic E-state index is -0.169. The van der Waals surface area contributed by atoms with Crippen LogP contribution in [0.2, 0.25) is 0 Å². The number of hydrogen-bond donors (Lipinski definition) is 2. The van der Waals surface area contributed by atoms with Crippen molar-refractivity contribution in [3.05, 3.63) is 22.3 Å². The van der Waals surface area contributed by atoms with E-state index in [-0.39, 0.29) is 5.91 Å². The SMILES string of the molecule is CCCNc1nc(SCC)nc2c1cnn2CCNC(=O)c1csc(C)n1. The summed E-state index contributed by atoms with van der Waals surface area (Å²) in [7, 11) is 0. The second-order valence-electron chi connectivity index (χ2n) is 5.83. The van der Waals surface area contributed by atoms with Gasteiger partial charge in [-0.3, -0.25) is 4.79 Å². The van der Waals surface area contributed by atoms with E-state index >= 15 is 0 Å². The molecule has 3 aromatic heterocycles. The fourth-order valence-corrected chi connectivity index (χ4v) is 3.66. The van der Waals surface area contributed by atoms with E-state index in [1.807, 2.05) is 6.92 Å². The molecule has 0 radical (unpaired) electrons. The Bertz CT molecular complexity index is 921. The maximum Gasteiger partial charge on any atom is 0.270 e. The normalized spacial score (nSPS) is 11.1. The molecule has 0 bridgehead atoms. The number of carbonyl (C=O) groups is 1. The zero-order valence-corrected chi connectivity index (χ0v) is 17.3. The van der Waals surface area contributed by atoms with Gasteiger partial charge in [-0.2, -0.15) is 5.10 Å². The van der Waals surface area contributed by atoms with Crippen molar-refractivity contribution >= 4 is 45.9 Å². The molecular formula is C17H23N7OS2. The topological polar surface area (TPSA) is 97.6 Å². The average Bonchev–Trinajstić information content (AvgIpc) is 3.26. The molecule has 3 heterocycles. The van der Waals surface area contributed by atoms with Crippen LogP contribution in [-0.4, -0.2) is 49.5 Å². The van der Waals surface area contributed by atoms with E-state index < -0.39 is 0 Å². The van der Waals surface area contributed by atoms with Crippen molar-refractivity contribution in [2.75, 3.05) is 24.2 Å². The summed E-state index contributed by atoms with van der Waals surface area (Å²) in [6.45, 7) is 7.89. The number of hydrogen-bond acceptors (Lipinski definition) is 8. The fraction of sp³-hybridized carbons (Fsp3) is 0.471. The summed E-state index contributed by atoms with van der Waals surface area (Å²) in [5, 5.41) is 14.9. The summed E-state index contributed by atoms with van der Waals surface area (Å²) >= 11 is 3.06. The molecule has 0 aliphatic carbocycles. The summed E-state index contributed by atoms with van der Waals surface area (Å²) in [6, 6.07) is 0. The first kappa shape index (κ1) is 19.6. The standard InChI is InChI=1S/C17H23N7OS2/c1-4-6-18-14-12-9-20-24(15(12)23-17(22-14)26-5-2)8-7-19-16(25)13-10-27-11(3)21-13/h9-10H,4-8H2,1-3H3,(H,19,25)(H,18,22,23). The van der Waals surface area contributed by atoms with Crippen LogP contribution in [0, 0.1) is 6.92 Å². The molecule has 2 N–H and O–H groups in total. The zero-order valence-electron chi connectivity index (χ0n) is 15.7. The number of amides is 1. The van der Waals surface area contributed by atoms with Gasteiger partial charge in [0.15, 0.2) is 10.8 Å². The zero-order chi connectivity index (χ0) is 19.2. The molecule has 27 heavy (non-hydrogen) atoms. The van der Waals surface area contributed by atoms with Crippen LogP contribution in [0.5, 0.6) is 0 Å². The minimum Gasteiger partial charge on any atom is -0.369 e. The summed E-state index contributed by atoms with van der Waals surface area (Å²) < 4.78 is 1.81. The lowest BCUT2D eigenvalue weighted by Crippen LogP contribution is -2.27. The Balaban J connectivity index is 1.74. The van der Waals surface area contributed by atoms with Crippen LogP contribution in [0.25, 0.3) is 11.0 Å². The van der Waals surface area contributed by atoms with E-state index in [0.717, 1.165) is 45.7 Å². The highest BCUT2D eigenvalue weighted by Gasteiger charge is 2.14. The Morgan fingerprint density at radius 2 is 2.11 bits per heavy atom. The van der Waals surface area contributed by atoms with E-state index in [0.29, 0.717) is 18.8 Å². The van der Waals surface area contributed by atoms with E-state index in [9.17, 15) is 4.79 Å². The minimum absolute atomic E-state index is 0.169. The summed E-state index contributed by atoms with van der Waals surface area (Å²) in [5.74, 6) is 1.54. The molecule has 8 nitrogen and oxygen atoms in total. The maximum atomic E-state index is 12.1. The van der Waals surface area contributed by atoms with Crippen molar-refractivity contribution < 1.29 is 4.79 Å². The molecule has 0 aromatic carbocycles. The highest BCUT2D eigenvalue weighted by molar-refractivity contribution is 7.99. The molecule has 0 unspecified atom stereocenters. The van der Waals surface area contributed by atoms with Gasteiger partial charge in [0.25, 0.3) is 5.91 Å². The van der Waals surface area contributed by atoms with E-state index in [1.165, 1.54) is 11.3 Å². The van der Waals surface area contributed by atoms with Crippen molar-refractivity contribution in [1.29, 1.82) is 0 Å². The fourth-order valence-electron chi connectivity index (χ4n) is 2.50. The summed E-state index contributed by atoms with van der Waals surface area (Å²) in [6.07, 6.45) is 2.79. The quantitative estimate of drug-likeness (QED) is 0.417. The summed E-state index contributed by atoms with van der Waals surface area (Å²) in [5.41, 5.74) is 1.23. The van der Waals surface area contributed by atoms with Gasteiger partial charge in [-0.25, -0.2) is 19.6 Å². The van der Waals surface area contributed by atoms with Gasteiger partial charge in [-0.1, -0.05) is 25.6 Å². The molecule has 0 aliphatic heterocycles. The van der Waals surface area contributed by atoms with Gasteiger partial charge in [0, 0.05) is 18.5 Å². The van der Waals surface area contributed by atoms with Crippen LogP contribution in [0.4, 0.5) is 5.82 Å². The second kappa shape index (κ2) is 9.14. The lowest BCUT2D eigenvalue weighted by Gasteiger charge is -2.09. The molecule has 3 aromatic rings. The molecule has 0 atom stereocenters. The molecular weight excluding hydrogens is 382 g/mol. The van der Waals surface area contributed by atoms with Gasteiger partial charge >= 0.3 is 0 Å². The molecule has 3 rings (SSSR count). The monoisotopic (exact) mass is 405 g/mol. The number of nitrogens with zero attached hydrogens (tertiary/aromatic N) is 5. The van der Waals surface area contributed by atoms with E-state index in [2.05, 4.69) is 44.5 Å². The number of aryl methyl sites for hydroxylation is 1. The largest absolute Gasteiger partial charge is 0.369 e. The molecule has 0 fully saturated rings. The molecule has 10 heteroatoms. The number of carbonyl (C=O) groups excluding carboxylic acids is 1. The van der Waals surface area contributed by atoms with Gasteiger partial charge in [0.1, 0.15) is 11.5 Å². The Kier molecular flexibility index (Phi) is 6.62. The third kappa shape index (κ3) is 4.75. The number of fused-ring (bicyclic) bond motifs is 1. The highest BCUT2D eigenvalue weighted by atomic mass is 32.2. The van der Waals surface area contributed by atoms with Crippen LogP contribution < -0.4 is 10.6 Å². The summed E-state index contributed by atoms with van der Waals surface area (Å²) in [4.78, 5) is 25.6. The van der Waals surface area contributed by atoms with Crippen LogP contribution in [0.15, 0.2) is 16.7 Å². The van der Waals surface area contributed by atoms with Gasteiger partial charge in [0.05, 0.1) is 23.1 Å². The molecule has 0 saturated heterocycles. The molecule has 0 aliphatic rings. The Morgan fingerprint density at radius 3 is 2.81 bits per heavy atom. The number of aromatic nitrogens is 5. The van der Waals surface area contributed by atoms with E-state index in [4.69, 9.17) is 0 Å². The smallest absolute Gasteiger partial charge is 0.270 e. The average molecular weight is 406 g/mol. The third-order valence-corrected chi connectivity index (χ3v) is 5.26. The van der Waals surface area contributed by atoms with Gasteiger partial charge < -0.3 is 10.6 Å². The molecule has 0 saturated carbocycles. The van der Waals surface area contributed by atoms with Crippen molar-refractivity contribution in [3.63, 3.8) is 0 Å². The third-order valence-electron chi connectivity index (χ3n) is 3.75. The first-order valence-electron chi connectivity index (χ1n) is 8.93. The first-order chi connectivity index (χ1) is 13.1. The van der Waals surface area contributed by atoms with Gasteiger partial charge in [0.2, 0.25) is 0 Å². The first-order valence-corrected chi connectivity index (χ1v) is 10.8. The lowest BCUT2D eigenvalue weighted by atomic mass is 10.3. The van der Waals surface area contributed by atoms with Crippen molar-refractivity contribution in [3.8, 4) is 0 Å². The lowest BCUT2D eigenvalue weighted by molar-refractivity contribution is 0.0947. The predicted octanol–water partition coefficient (Wildman–Crippen LogP) is 2.96. The van der Waals surface area contributed by atoms with Crippen molar-refractivity contribution in [2.24, 2.45) is 0 Å². The Hall–Kier alpha value is -2.20. The van der Waals surface area contributed by atoms with E-state index in [1.54, 1.807) is 28.0 Å². The van der Waals surface area contributed by atoms with Crippen LogP contribution in [0.1, 0.15) is 35.8 Å². The van der Waals surface area contributed by atoms with Crippen LogP contribution in [-0.2, 0) is 6.54 Å². The molecule has 0 spiro atoms. The predicted molar refractivity (Wildman–Crippen MR) is 110 cm³/mol. The van der Waals surface area contributed by atoms with Gasteiger partial charge in [-0.15, -0.1) is 11.3 Å². The molecule has 1 amide bonds. The van der Waals surface area contributed by atoms with Crippen molar-refractivity contribution in [1.82, 2.24) is 30.0 Å².